The van der Waals surface area contributed by atoms with Gasteiger partial charge in [0.2, 0.25) is 0 Å². The van der Waals surface area contributed by atoms with Crippen molar-refractivity contribution in [3.8, 4) is 0 Å². The molecule has 0 unspecified atom stereocenters. The van der Waals surface area contributed by atoms with Gasteiger partial charge in [-0.25, -0.2) is 0 Å². The Morgan fingerprint density at radius 2 is 1.28 bits per heavy atom. The molecule has 1 nitrogen and oxygen atoms in total. The molecule has 140 valence electrons. The van der Waals surface area contributed by atoms with Crippen LogP contribution in [-0.4, -0.2) is 11.4 Å². The van der Waals surface area contributed by atoms with Crippen molar-refractivity contribution < 1.29 is 0 Å². The lowest BCUT2D eigenvalue weighted by atomic mass is 10.1. The summed E-state index contributed by atoms with van der Waals surface area (Å²) in [6.45, 7) is 20.9. The van der Waals surface area contributed by atoms with E-state index in [0.717, 1.165) is 19.6 Å². The highest BCUT2D eigenvalue weighted by Crippen LogP contribution is 2.13. The van der Waals surface area contributed by atoms with E-state index in [1.54, 1.807) is 0 Å². The van der Waals surface area contributed by atoms with E-state index in [-0.39, 0.29) is 0 Å². The van der Waals surface area contributed by atoms with Crippen molar-refractivity contribution in [2.24, 2.45) is 0 Å². The molecule has 2 aromatic carbocycles. The quantitative estimate of drug-likeness (QED) is 0.500. The van der Waals surface area contributed by atoms with Crippen LogP contribution >= 0.6 is 0 Å². The molecule has 0 bridgehead atoms. The SMILES string of the molecule is C=CCN(Cc1ccccc1)Cc1ccccc1C.CC.CC.CC. The summed E-state index contributed by atoms with van der Waals surface area (Å²) in [5.74, 6) is 0. The van der Waals surface area contributed by atoms with Gasteiger partial charge in [0.05, 0.1) is 0 Å². The summed E-state index contributed by atoms with van der Waals surface area (Å²) in [5, 5.41) is 0. The van der Waals surface area contributed by atoms with Crippen molar-refractivity contribution >= 4 is 0 Å². The summed E-state index contributed by atoms with van der Waals surface area (Å²) in [7, 11) is 0. The van der Waals surface area contributed by atoms with Gasteiger partial charge in [0.15, 0.2) is 0 Å². The molecular formula is C24H39N. The van der Waals surface area contributed by atoms with E-state index in [1.165, 1.54) is 16.7 Å². The Morgan fingerprint density at radius 1 is 0.760 bits per heavy atom. The highest BCUT2D eigenvalue weighted by molar-refractivity contribution is 5.25. The number of hydrogen-bond acceptors (Lipinski definition) is 1. The highest BCUT2D eigenvalue weighted by atomic mass is 15.1. The molecule has 0 spiro atoms. The second-order valence-corrected chi connectivity index (χ2v) is 4.87. The Balaban J connectivity index is 0. The molecule has 0 aliphatic heterocycles. The minimum atomic E-state index is 0.906. The van der Waals surface area contributed by atoms with E-state index in [4.69, 9.17) is 0 Å². The van der Waals surface area contributed by atoms with Crippen LogP contribution in [0.15, 0.2) is 67.3 Å². The first-order valence-corrected chi connectivity index (χ1v) is 9.71. The summed E-state index contributed by atoms with van der Waals surface area (Å²) in [6.07, 6.45) is 1.97. The van der Waals surface area contributed by atoms with E-state index in [2.05, 4.69) is 73.0 Å². The molecule has 0 fully saturated rings. The molecular weight excluding hydrogens is 302 g/mol. The predicted octanol–water partition coefficient (Wildman–Crippen LogP) is 7.26. The van der Waals surface area contributed by atoms with Gasteiger partial charge >= 0.3 is 0 Å². The lowest BCUT2D eigenvalue weighted by Crippen LogP contribution is -2.23. The first-order valence-electron chi connectivity index (χ1n) is 9.71. The van der Waals surface area contributed by atoms with Crippen LogP contribution in [-0.2, 0) is 13.1 Å². The van der Waals surface area contributed by atoms with Crippen molar-refractivity contribution in [2.45, 2.75) is 61.6 Å². The lowest BCUT2D eigenvalue weighted by molar-refractivity contribution is 0.285. The van der Waals surface area contributed by atoms with Crippen LogP contribution in [0, 0.1) is 6.92 Å². The molecule has 0 aliphatic carbocycles. The molecule has 2 aromatic rings. The number of nitrogens with zero attached hydrogens (tertiary/aromatic N) is 1. The molecule has 0 aliphatic rings. The minimum Gasteiger partial charge on any atom is -0.291 e. The topological polar surface area (TPSA) is 3.24 Å². The Morgan fingerprint density at radius 3 is 1.80 bits per heavy atom. The molecule has 0 heterocycles. The highest BCUT2D eigenvalue weighted by Gasteiger charge is 2.06. The predicted molar refractivity (Wildman–Crippen MR) is 116 cm³/mol. The molecule has 0 atom stereocenters. The Kier molecular flexibility index (Phi) is 18.8. The van der Waals surface area contributed by atoms with E-state index < -0.39 is 0 Å². The van der Waals surface area contributed by atoms with Crippen LogP contribution in [0.5, 0.6) is 0 Å². The third kappa shape index (κ3) is 11.3. The lowest BCUT2D eigenvalue weighted by Gasteiger charge is -2.21. The zero-order valence-electron chi connectivity index (χ0n) is 17.5. The molecule has 0 aromatic heterocycles. The summed E-state index contributed by atoms with van der Waals surface area (Å²) >= 11 is 0. The summed E-state index contributed by atoms with van der Waals surface area (Å²) < 4.78 is 0. The maximum atomic E-state index is 3.86. The van der Waals surface area contributed by atoms with Crippen LogP contribution in [0.4, 0.5) is 0 Å². The molecule has 1 heteroatoms. The van der Waals surface area contributed by atoms with Gasteiger partial charge < -0.3 is 0 Å². The van der Waals surface area contributed by atoms with Crippen LogP contribution in [0.2, 0.25) is 0 Å². The standard InChI is InChI=1S/C18H21N.3C2H6/c1-3-13-19(14-17-10-5-4-6-11-17)15-18-12-8-7-9-16(18)2;3*1-2/h3-12H,1,13-15H2,2H3;3*1-2H3. The van der Waals surface area contributed by atoms with Crippen LogP contribution in [0.3, 0.4) is 0 Å². The average molecular weight is 342 g/mol. The molecule has 2 rings (SSSR count). The van der Waals surface area contributed by atoms with Crippen molar-refractivity contribution in [1.29, 1.82) is 0 Å². The second kappa shape index (κ2) is 18.5. The van der Waals surface area contributed by atoms with Crippen LogP contribution < -0.4 is 0 Å². The molecule has 0 saturated carbocycles. The second-order valence-electron chi connectivity index (χ2n) is 4.87. The normalized spacial score (nSPS) is 8.80. The summed E-state index contributed by atoms with van der Waals surface area (Å²) in [4.78, 5) is 2.41. The number of hydrogen-bond donors (Lipinski definition) is 0. The van der Waals surface area contributed by atoms with Gasteiger partial charge in [0.25, 0.3) is 0 Å². The average Bonchev–Trinajstić information content (AvgIpc) is 2.69. The Hall–Kier alpha value is -1.86. The smallest absolute Gasteiger partial charge is 0.0243 e. The van der Waals surface area contributed by atoms with E-state index >= 15 is 0 Å². The molecule has 25 heavy (non-hydrogen) atoms. The maximum absolute atomic E-state index is 3.86. The van der Waals surface area contributed by atoms with Crippen molar-refractivity contribution in [2.75, 3.05) is 6.54 Å². The number of aryl methyl sites for hydroxylation is 1. The Labute approximate surface area is 157 Å². The van der Waals surface area contributed by atoms with Crippen molar-refractivity contribution in [1.82, 2.24) is 4.90 Å². The van der Waals surface area contributed by atoms with E-state index in [0.29, 0.717) is 0 Å². The van der Waals surface area contributed by atoms with Crippen molar-refractivity contribution in [3.05, 3.63) is 83.9 Å². The zero-order valence-corrected chi connectivity index (χ0v) is 17.5. The third-order valence-corrected chi connectivity index (χ3v) is 3.29. The first-order chi connectivity index (χ1) is 12.3. The maximum Gasteiger partial charge on any atom is 0.0243 e. The van der Waals surface area contributed by atoms with Crippen molar-refractivity contribution in [3.63, 3.8) is 0 Å². The molecule has 0 saturated heterocycles. The van der Waals surface area contributed by atoms with Gasteiger partial charge in [-0.1, -0.05) is 102 Å². The monoisotopic (exact) mass is 341 g/mol. The zero-order chi connectivity index (χ0) is 19.5. The van der Waals surface area contributed by atoms with Gasteiger partial charge in [-0.2, -0.15) is 0 Å². The first kappa shape index (κ1) is 25.4. The fraction of sp³-hybridized carbons (Fsp3) is 0.417. The van der Waals surface area contributed by atoms with Gasteiger partial charge in [-0.3, -0.25) is 4.90 Å². The van der Waals surface area contributed by atoms with Gasteiger partial charge in [-0.05, 0) is 23.6 Å². The summed E-state index contributed by atoms with van der Waals surface area (Å²) in [5.41, 5.74) is 4.09. The Bertz CT molecular complexity index is 517. The fourth-order valence-electron chi connectivity index (χ4n) is 2.24. The third-order valence-electron chi connectivity index (χ3n) is 3.29. The summed E-state index contributed by atoms with van der Waals surface area (Å²) in [6, 6.07) is 19.2. The molecule has 0 N–H and O–H groups in total. The van der Waals surface area contributed by atoms with Crippen LogP contribution in [0.1, 0.15) is 58.2 Å². The van der Waals surface area contributed by atoms with Gasteiger partial charge in [-0.15, -0.1) is 6.58 Å². The van der Waals surface area contributed by atoms with E-state index in [9.17, 15) is 0 Å². The van der Waals surface area contributed by atoms with Gasteiger partial charge in [0, 0.05) is 19.6 Å². The van der Waals surface area contributed by atoms with Crippen LogP contribution in [0.25, 0.3) is 0 Å². The molecule has 0 amide bonds. The largest absolute Gasteiger partial charge is 0.291 e. The molecule has 0 radical (unpaired) electrons. The van der Waals surface area contributed by atoms with Gasteiger partial charge in [0.1, 0.15) is 0 Å². The fourth-order valence-corrected chi connectivity index (χ4v) is 2.24. The number of benzene rings is 2. The number of rotatable bonds is 6. The van der Waals surface area contributed by atoms with E-state index in [1.807, 2.05) is 47.6 Å². The minimum absolute atomic E-state index is 0.906.